The Morgan fingerprint density at radius 2 is 1.87 bits per heavy atom. The largest absolute Gasteiger partial charge is 0.390 e. The van der Waals surface area contributed by atoms with Gasteiger partial charge in [0.25, 0.3) is 0 Å². The molecule has 2 atom stereocenters. The summed E-state index contributed by atoms with van der Waals surface area (Å²) in [6.45, 7) is 1.77. The molecule has 0 saturated heterocycles. The number of rotatable bonds is 5. The van der Waals surface area contributed by atoms with E-state index in [1.807, 2.05) is 30.3 Å². The molecular weight excluding hydrogens is 310 g/mol. The summed E-state index contributed by atoms with van der Waals surface area (Å²) >= 11 is 1.72. The Balaban J connectivity index is 1.84. The second-order valence-electron chi connectivity index (χ2n) is 5.64. The highest BCUT2D eigenvalue weighted by molar-refractivity contribution is 7.25. The number of fused-ring (bicyclic) bond motifs is 3. The average Bonchev–Trinajstić information content (AvgIpc) is 2.91. The lowest BCUT2D eigenvalue weighted by Gasteiger charge is -2.18. The van der Waals surface area contributed by atoms with Crippen molar-refractivity contribution in [2.75, 3.05) is 6.54 Å². The van der Waals surface area contributed by atoms with Gasteiger partial charge < -0.3 is 15.5 Å². The Morgan fingerprint density at radius 3 is 2.65 bits per heavy atom. The molecule has 3 N–H and O–H groups in total. The van der Waals surface area contributed by atoms with Gasteiger partial charge in [0.1, 0.15) is 6.10 Å². The number of aliphatic hydroxyl groups is 2. The van der Waals surface area contributed by atoms with Crippen molar-refractivity contribution in [3.63, 3.8) is 0 Å². The van der Waals surface area contributed by atoms with Crippen molar-refractivity contribution in [3.8, 4) is 0 Å². The lowest BCUT2D eigenvalue weighted by molar-refractivity contribution is -0.119. The van der Waals surface area contributed by atoms with E-state index >= 15 is 0 Å². The number of aliphatic hydroxyl groups excluding tert-OH is 2. The maximum Gasteiger partial charge on any atom is 0.216 e. The summed E-state index contributed by atoms with van der Waals surface area (Å²) in [4.78, 5) is 10.9. The summed E-state index contributed by atoms with van der Waals surface area (Å²) in [6, 6.07) is 13.9. The molecule has 1 aromatic heterocycles. The van der Waals surface area contributed by atoms with Crippen LogP contribution in [0.3, 0.4) is 0 Å². The van der Waals surface area contributed by atoms with Crippen LogP contribution in [0.1, 0.15) is 25.0 Å². The summed E-state index contributed by atoms with van der Waals surface area (Å²) in [6.07, 6.45) is -1.57. The van der Waals surface area contributed by atoms with E-state index in [-0.39, 0.29) is 5.91 Å². The highest BCUT2D eigenvalue weighted by Gasteiger charge is 2.19. The normalized spacial score (nSPS) is 14.0. The monoisotopic (exact) mass is 329 g/mol. The van der Waals surface area contributed by atoms with Crippen LogP contribution in [0, 0.1) is 0 Å². The van der Waals surface area contributed by atoms with E-state index in [1.54, 1.807) is 11.3 Å². The smallest absolute Gasteiger partial charge is 0.216 e. The average molecular weight is 329 g/mol. The number of benzene rings is 2. The lowest BCUT2D eigenvalue weighted by atomic mass is 10.00. The molecule has 0 bridgehead atoms. The van der Waals surface area contributed by atoms with E-state index in [2.05, 4.69) is 17.4 Å². The first kappa shape index (κ1) is 15.9. The zero-order chi connectivity index (χ0) is 16.4. The van der Waals surface area contributed by atoms with E-state index < -0.39 is 12.2 Å². The number of nitrogens with one attached hydrogen (secondary N) is 1. The zero-order valence-electron chi connectivity index (χ0n) is 12.8. The lowest BCUT2D eigenvalue weighted by Crippen LogP contribution is -2.27. The zero-order valence-corrected chi connectivity index (χ0v) is 13.6. The van der Waals surface area contributed by atoms with Gasteiger partial charge in [-0.2, -0.15) is 0 Å². The van der Waals surface area contributed by atoms with Crippen LogP contribution < -0.4 is 5.32 Å². The van der Waals surface area contributed by atoms with Crippen molar-refractivity contribution in [2.45, 2.75) is 25.6 Å². The Hall–Kier alpha value is -1.95. The highest BCUT2D eigenvalue weighted by atomic mass is 32.1. The number of carbonyl (C=O) groups is 1. The minimum atomic E-state index is -0.966. The third-order valence-corrected chi connectivity index (χ3v) is 5.07. The van der Waals surface area contributed by atoms with Crippen LogP contribution in [0.25, 0.3) is 20.2 Å². The molecule has 0 saturated carbocycles. The second-order valence-corrected chi connectivity index (χ2v) is 6.72. The molecule has 0 spiro atoms. The molecule has 0 fully saturated rings. The predicted octanol–water partition coefficient (Wildman–Crippen LogP) is 2.98. The molecule has 120 valence electrons. The summed E-state index contributed by atoms with van der Waals surface area (Å²) in [5.74, 6) is -0.141. The summed E-state index contributed by atoms with van der Waals surface area (Å²) in [5.41, 5.74) is 0.691. The molecule has 3 rings (SSSR count). The van der Waals surface area contributed by atoms with Crippen LogP contribution in [-0.4, -0.2) is 28.8 Å². The van der Waals surface area contributed by atoms with Gasteiger partial charge in [0.15, 0.2) is 0 Å². The van der Waals surface area contributed by atoms with Gasteiger partial charge in [-0.3, -0.25) is 4.79 Å². The fraction of sp³-hybridized carbons (Fsp3) is 0.278. The number of hydrogen-bond acceptors (Lipinski definition) is 4. The van der Waals surface area contributed by atoms with Gasteiger partial charge in [0.2, 0.25) is 5.91 Å². The molecule has 0 aliphatic heterocycles. The number of amides is 1. The van der Waals surface area contributed by atoms with Gasteiger partial charge in [-0.15, -0.1) is 11.3 Å². The van der Waals surface area contributed by atoms with Crippen molar-refractivity contribution in [1.29, 1.82) is 0 Å². The van der Waals surface area contributed by atoms with E-state index in [0.29, 0.717) is 18.5 Å². The Morgan fingerprint density at radius 1 is 1.13 bits per heavy atom. The third kappa shape index (κ3) is 3.37. The molecule has 0 radical (unpaired) electrons. The molecule has 1 amide bonds. The molecule has 0 aliphatic carbocycles. The van der Waals surface area contributed by atoms with Gasteiger partial charge in [0, 0.05) is 33.6 Å². The number of carbonyl (C=O) groups excluding carboxylic acids is 1. The standard InChI is InChI=1S/C18H19NO3S/c1-11(20)19-9-8-15(21)18(22)12-6-7-17-14(10-12)13-4-2-3-5-16(13)23-17/h2-7,10,15,18,21-22H,8-9H2,1H3,(H,19,20). The second kappa shape index (κ2) is 6.66. The predicted molar refractivity (Wildman–Crippen MR) is 93.6 cm³/mol. The van der Waals surface area contributed by atoms with Crippen LogP contribution in [0.2, 0.25) is 0 Å². The van der Waals surface area contributed by atoms with Gasteiger partial charge in [0.05, 0.1) is 6.10 Å². The molecule has 2 aromatic carbocycles. The van der Waals surface area contributed by atoms with Gasteiger partial charge >= 0.3 is 0 Å². The van der Waals surface area contributed by atoms with Crippen molar-refractivity contribution in [3.05, 3.63) is 48.0 Å². The van der Waals surface area contributed by atoms with Crippen molar-refractivity contribution >= 4 is 37.4 Å². The van der Waals surface area contributed by atoms with Crippen molar-refractivity contribution < 1.29 is 15.0 Å². The first-order valence-electron chi connectivity index (χ1n) is 7.58. The molecule has 3 aromatic rings. The molecule has 23 heavy (non-hydrogen) atoms. The number of thiophene rings is 1. The summed E-state index contributed by atoms with van der Waals surface area (Å²) in [7, 11) is 0. The topological polar surface area (TPSA) is 69.6 Å². The maximum absolute atomic E-state index is 10.9. The Labute approximate surface area is 138 Å². The van der Waals surface area contributed by atoms with Gasteiger partial charge in [-0.25, -0.2) is 0 Å². The highest BCUT2D eigenvalue weighted by Crippen LogP contribution is 2.35. The van der Waals surface area contributed by atoms with Crippen LogP contribution in [0.5, 0.6) is 0 Å². The quantitative estimate of drug-likeness (QED) is 0.674. The first-order chi connectivity index (χ1) is 11.1. The van der Waals surface area contributed by atoms with Gasteiger partial charge in [-0.05, 0) is 30.2 Å². The van der Waals surface area contributed by atoms with Crippen LogP contribution in [0.4, 0.5) is 0 Å². The molecule has 5 heteroatoms. The first-order valence-corrected chi connectivity index (χ1v) is 8.39. The minimum Gasteiger partial charge on any atom is -0.390 e. The van der Waals surface area contributed by atoms with Crippen LogP contribution in [-0.2, 0) is 4.79 Å². The van der Waals surface area contributed by atoms with Crippen LogP contribution in [0.15, 0.2) is 42.5 Å². The summed E-state index contributed by atoms with van der Waals surface area (Å²) < 4.78 is 2.37. The molecule has 4 nitrogen and oxygen atoms in total. The van der Waals surface area contributed by atoms with Crippen molar-refractivity contribution in [1.82, 2.24) is 5.32 Å². The fourth-order valence-electron chi connectivity index (χ4n) is 2.70. The number of hydrogen-bond donors (Lipinski definition) is 3. The maximum atomic E-state index is 10.9. The Kier molecular flexibility index (Phi) is 4.61. The molecule has 0 aliphatic rings. The molecular formula is C18H19NO3S. The van der Waals surface area contributed by atoms with Gasteiger partial charge in [-0.1, -0.05) is 24.3 Å². The van der Waals surface area contributed by atoms with Crippen LogP contribution >= 0.6 is 11.3 Å². The minimum absolute atomic E-state index is 0.141. The Bertz CT molecular complexity index is 843. The van der Waals surface area contributed by atoms with E-state index in [4.69, 9.17) is 0 Å². The molecule has 1 heterocycles. The van der Waals surface area contributed by atoms with Crippen molar-refractivity contribution in [2.24, 2.45) is 0 Å². The third-order valence-electron chi connectivity index (χ3n) is 3.92. The SMILES string of the molecule is CC(=O)NCCC(O)C(O)c1ccc2sc3ccccc3c2c1. The molecule has 2 unspecified atom stereocenters. The summed E-state index contributed by atoms with van der Waals surface area (Å²) in [5, 5.41) is 25.4. The van der Waals surface area contributed by atoms with E-state index in [1.165, 1.54) is 11.6 Å². The fourth-order valence-corrected chi connectivity index (χ4v) is 3.79. The van der Waals surface area contributed by atoms with E-state index in [9.17, 15) is 15.0 Å². The van der Waals surface area contributed by atoms with E-state index in [0.717, 1.165) is 15.5 Å².